The smallest absolute Gasteiger partial charge is 0.138 e. The highest BCUT2D eigenvalue weighted by Gasteiger charge is 2.19. The fourth-order valence-corrected chi connectivity index (χ4v) is 2.36. The van der Waals surface area contributed by atoms with Gasteiger partial charge in [0.2, 0.25) is 0 Å². The molecule has 0 spiro atoms. The van der Waals surface area contributed by atoms with E-state index in [-0.39, 0.29) is 18.2 Å². The molecule has 0 saturated carbocycles. The highest BCUT2D eigenvalue weighted by molar-refractivity contribution is 6.32. The molecule has 102 valence electrons. The summed E-state index contributed by atoms with van der Waals surface area (Å²) in [6, 6.07) is 6.06. The molecule has 0 fully saturated rings. The Balaban J connectivity index is 3.02. The van der Waals surface area contributed by atoms with Gasteiger partial charge in [0.05, 0.1) is 11.1 Å². The number of nitrogens with zero attached hydrogens (tertiary/aromatic N) is 1. The summed E-state index contributed by atoms with van der Waals surface area (Å²) in [4.78, 5) is 2.10. The van der Waals surface area contributed by atoms with E-state index in [2.05, 4.69) is 4.90 Å². The Bertz CT molecular complexity index is 383. The Morgan fingerprint density at radius 2 is 1.83 bits per heavy atom. The maximum atomic E-state index is 6.24. The lowest BCUT2D eigenvalue weighted by Crippen LogP contribution is -2.35. The Labute approximate surface area is 115 Å². The molecule has 0 aliphatic rings. The van der Waals surface area contributed by atoms with E-state index in [0.29, 0.717) is 5.02 Å². The van der Waals surface area contributed by atoms with Gasteiger partial charge in [-0.25, -0.2) is 0 Å². The number of halogens is 1. The van der Waals surface area contributed by atoms with Crippen molar-refractivity contribution in [1.29, 1.82) is 0 Å². The highest BCUT2D eigenvalue weighted by atomic mass is 35.5. The Hall–Kier alpha value is -0.770. The standard InChI is InChI=1S/C14H23ClN2O/c1-9(2)18-13-7-6-11(8-12(13)15)14(10(3)16)17(4)5/h6-10,14H,16H2,1-5H3. The number of benzene rings is 1. The van der Waals surface area contributed by atoms with Crippen molar-refractivity contribution in [3.05, 3.63) is 28.8 Å². The van der Waals surface area contributed by atoms with Gasteiger partial charge in [0, 0.05) is 12.1 Å². The quantitative estimate of drug-likeness (QED) is 0.894. The number of ether oxygens (including phenoxy) is 1. The molecule has 4 heteroatoms. The molecule has 18 heavy (non-hydrogen) atoms. The number of rotatable bonds is 5. The summed E-state index contributed by atoms with van der Waals surface area (Å²) in [5.74, 6) is 0.720. The van der Waals surface area contributed by atoms with Gasteiger partial charge >= 0.3 is 0 Å². The van der Waals surface area contributed by atoms with E-state index in [9.17, 15) is 0 Å². The zero-order valence-corrected chi connectivity index (χ0v) is 12.5. The van der Waals surface area contributed by atoms with E-state index in [4.69, 9.17) is 22.1 Å². The van der Waals surface area contributed by atoms with Crippen LogP contribution in [0.2, 0.25) is 5.02 Å². The predicted molar refractivity (Wildman–Crippen MR) is 77.3 cm³/mol. The second-order valence-electron chi connectivity index (χ2n) is 5.12. The molecule has 0 aliphatic carbocycles. The summed E-state index contributed by atoms with van der Waals surface area (Å²) < 4.78 is 5.62. The van der Waals surface area contributed by atoms with Crippen LogP contribution in [0.1, 0.15) is 32.4 Å². The van der Waals surface area contributed by atoms with Crippen molar-refractivity contribution >= 4 is 11.6 Å². The third-order valence-electron chi connectivity index (χ3n) is 2.71. The summed E-state index contributed by atoms with van der Waals surface area (Å²) in [6.45, 7) is 5.96. The van der Waals surface area contributed by atoms with Crippen LogP contribution in [0.15, 0.2) is 18.2 Å². The van der Waals surface area contributed by atoms with Crippen molar-refractivity contribution in [2.45, 2.75) is 39.0 Å². The summed E-state index contributed by atoms with van der Waals surface area (Å²) >= 11 is 6.24. The summed E-state index contributed by atoms with van der Waals surface area (Å²) in [5.41, 5.74) is 7.13. The third kappa shape index (κ3) is 3.87. The maximum Gasteiger partial charge on any atom is 0.138 e. The fraction of sp³-hybridized carbons (Fsp3) is 0.571. The van der Waals surface area contributed by atoms with Gasteiger partial charge in [0.15, 0.2) is 0 Å². The molecule has 0 bridgehead atoms. The first kappa shape index (κ1) is 15.3. The van der Waals surface area contributed by atoms with Gasteiger partial charge in [-0.15, -0.1) is 0 Å². The van der Waals surface area contributed by atoms with Crippen LogP contribution in [-0.4, -0.2) is 31.1 Å². The predicted octanol–water partition coefficient (Wildman–Crippen LogP) is 3.08. The average molecular weight is 271 g/mol. The zero-order chi connectivity index (χ0) is 13.9. The molecule has 1 aromatic rings. The molecule has 0 amide bonds. The number of nitrogens with two attached hydrogens (primary N) is 1. The molecule has 0 saturated heterocycles. The lowest BCUT2D eigenvalue weighted by atomic mass is 10.00. The SMILES string of the molecule is CC(C)Oc1ccc(C(C(C)N)N(C)C)cc1Cl. The summed E-state index contributed by atoms with van der Waals surface area (Å²) in [7, 11) is 4.03. The van der Waals surface area contributed by atoms with E-state index in [1.54, 1.807) is 0 Å². The molecule has 2 atom stereocenters. The van der Waals surface area contributed by atoms with Gasteiger partial charge in [0.25, 0.3) is 0 Å². The van der Waals surface area contributed by atoms with E-state index >= 15 is 0 Å². The van der Waals surface area contributed by atoms with Crippen LogP contribution in [0, 0.1) is 0 Å². The first-order valence-electron chi connectivity index (χ1n) is 6.21. The molecular formula is C14H23ClN2O. The first-order chi connectivity index (χ1) is 8.32. The van der Waals surface area contributed by atoms with Crippen LogP contribution in [0.4, 0.5) is 0 Å². The topological polar surface area (TPSA) is 38.5 Å². The molecule has 1 aromatic carbocycles. The van der Waals surface area contributed by atoms with Crippen LogP contribution >= 0.6 is 11.6 Å². The van der Waals surface area contributed by atoms with E-state index in [1.807, 2.05) is 53.1 Å². The lowest BCUT2D eigenvalue weighted by molar-refractivity contribution is 0.241. The normalized spacial score (nSPS) is 14.9. The molecule has 0 radical (unpaired) electrons. The molecule has 2 N–H and O–H groups in total. The Morgan fingerprint density at radius 3 is 2.22 bits per heavy atom. The monoisotopic (exact) mass is 270 g/mol. The van der Waals surface area contributed by atoms with E-state index < -0.39 is 0 Å². The largest absolute Gasteiger partial charge is 0.489 e. The Morgan fingerprint density at radius 1 is 1.22 bits per heavy atom. The number of hydrogen-bond donors (Lipinski definition) is 1. The van der Waals surface area contributed by atoms with Crippen LogP contribution in [0.25, 0.3) is 0 Å². The minimum absolute atomic E-state index is 0.0351. The Kier molecular flexibility index (Phi) is 5.45. The van der Waals surface area contributed by atoms with Gasteiger partial charge < -0.3 is 15.4 Å². The maximum absolute atomic E-state index is 6.24. The molecule has 3 nitrogen and oxygen atoms in total. The van der Waals surface area contributed by atoms with Crippen molar-refractivity contribution in [3.63, 3.8) is 0 Å². The van der Waals surface area contributed by atoms with Crippen LogP contribution in [0.5, 0.6) is 5.75 Å². The summed E-state index contributed by atoms with van der Waals surface area (Å²) in [6.07, 6.45) is 0.117. The van der Waals surface area contributed by atoms with Crippen molar-refractivity contribution < 1.29 is 4.74 Å². The van der Waals surface area contributed by atoms with Gasteiger partial charge in [0.1, 0.15) is 5.75 Å². The highest BCUT2D eigenvalue weighted by Crippen LogP contribution is 2.31. The molecule has 0 aromatic heterocycles. The minimum atomic E-state index is 0.0351. The van der Waals surface area contributed by atoms with Crippen LogP contribution in [0.3, 0.4) is 0 Å². The molecule has 0 aliphatic heterocycles. The average Bonchev–Trinajstić information content (AvgIpc) is 2.20. The molecular weight excluding hydrogens is 248 g/mol. The first-order valence-corrected chi connectivity index (χ1v) is 6.58. The summed E-state index contributed by atoms with van der Waals surface area (Å²) in [5, 5.41) is 0.633. The van der Waals surface area contributed by atoms with Crippen LogP contribution < -0.4 is 10.5 Å². The van der Waals surface area contributed by atoms with Crippen molar-refractivity contribution in [3.8, 4) is 5.75 Å². The lowest BCUT2D eigenvalue weighted by Gasteiger charge is -2.28. The third-order valence-corrected chi connectivity index (χ3v) is 3.01. The zero-order valence-electron chi connectivity index (χ0n) is 11.8. The van der Waals surface area contributed by atoms with Gasteiger partial charge in [-0.1, -0.05) is 17.7 Å². The molecule has 1 rings (SSSR count). The van der Waals surface area contributed by atoms with Gasteiger partial charge in [-0.3, -0.25) is 0 Å². The fourth-order valence-electron chi connectivity index (χ4n) is 2.12. The number of likely N-dealkylation sites (N-methyl/N-ethyl adjacent to an activating group) is 1. The van der Waals surface area contributed by atoms with Crippen molar-refractivity contribution in [2.24, 2.45) is 5.73 Å². The minimum Gasteiger partial charge on any atom is -0.489 e. The molecule has 0 heterocycles. The second-order valence-corrected chi connectivity index (χ2v) is 5.53. The molecule has 2 unspecified atom stereocenters. The van der Waals surface area contributed by atoms with E-state index in [1.165, 1.54) is 0 Å². The van der Waals surface area contributed by atoms with E-state index in [0.717, 1.165) is 11.3 Å². The number of hydrogen-bond acceptors (Lipinski definition) is 3. The van der Waals surface area contributed by atoms with Gasteiger partial charge in [-0.05, 0) is 52.6 Å². The second kappa shape index (κ2) is 6.41. The van der Waals surface area contributed by atoms with Crippen molar-refractivity contribution in [2.75, 3.05) is 14.1 Å². The van der Waals surface area contributed by atoms with Crippen molar-refractivity contribution in [1.82, 2.24) is 4.90 Å². The van der Waals surface area contributed by atoms with Crippen LogP contribution in [-0.2, 0) is 0 Å². The van der Waals surface area contributed by atoms with Gasteiger partial charge in [-0.2, -0.15) is 0 Å².